The molecule has 2 aromatic rings. The van der Waals surface area contributed by atoms with Gasteiger partial charge in [0.15, 0.2) is 17.3 Å². The number of nitrogens with two attached hydrogens (primary N) is 1. The minimum absolute atomic E-state index is 0.0680. The van der Waals surface area contributed by atoms with Crippen LogP contribution in [0.2, 0.25) is 0 Å². The summed E-state index contributed by atoms with van der Waals surface area (Å²) >= 11 is 0. The second-order valence-corrected chi connectivity index (χ2v) is 7.21. The summed E-state index contributed by atoms with van der Waals surface area (Å²) in [5.74, 6) is 0.0957. The van der Waals surface area contributed by atoms with E-state index in [2.05, 4.69) is 19.5 Å². The Morgan fingerprint density at radius 3 is 2.96 bits per heavy atom. The van der Waals surface area contributed by atoms with Crippen molar-refractivity contribution in [2.24, 2.45) is 11.8 Å². The number of ether oxygens (including phenoxy) is 2. The Kier molecular flexibility index (Phi) is 2.38. The van der Waals surface area contributed by atoms with Crippen LogP contribution in [0.15, 0.2) is 12.7 Å². The fraction of sp³-hybridized carbons (Fsp3) is 0.667. The van der Waals surface area contributed by atoms with Gasteiger partial charge in [-0.05, 0) is 26.2 Å². The fourth-order valence-corrected chi connectivity index (χ4v) is 4.66. The van der Waals surface area contributed by atoms with Crippen LogP contribution in [0.3, 0.4) is 0 Å². The summed E-state index contributed by atoms with van der Waals surface area (Å²) in [6.45, 7) is 3.92. The summed E-state index contributed by atoms with van der Waals surface area (Å²) in [7, 11) is 0. The molecule has 3 heterocycles. The van der Waals surface area contributed by atoms with Gasteiger partial charge < -0.3 is 24.9 Å². The van der Waals surface area contributed by atoms with E-state index in [0.717, 1.165) is 6.42 Å². The Hall–Kier alpha value is -1.77. The molecule has 0 radical (unpaired) electrons. The van der Waals surface area contributed by atoms with Gasteiger partial charge in [-0.2, -0.15) is 0 Å². The molecule has 0 aromatic carbocycles. The van der Waals surface area contributed by atoms with Gasteiger partial charge in [0.05, 0.1) is 18.0 Å². The number of aliphatic hydroxyl groups excluding tert-OH is 1. The van der Waals surface area contributed by atoms with E-state index in [1.54, 1.807) is 6.33 Å². The minimum atomic E-state index is -0.645. The van der Waals surface area contributed by atoms with Crippen molar-refractivity contribution in [3.05, 3.63) is 12.7 Å². The number of hydrogen-bond donors (Lipinski definition) is 2. The highest BCUT2D eigenvalue weighted by Gasteiger charge is 2.76. The first-order valence-electron chi connectivity index (χ1n) is 7.88. The first-order valence-corrected chi connectivity index (χ1v) is 7.88. The topological polar surface area (TPSA) is 108 Å². The number of aromatic nitrogens is 4. The van der Waals surface area contributed by atoms with Crippen LogP contribution in [0.5, 0.6) is 0 Å². The zero-order chi connectivity index (χ0) is 16.0. The molecule has 5 rings (SSSR count). The molecule has 3 aliphatic rings. The van der Waals surface area contributed by atoms with Crippen molar-refractivity contribution in [3.63, 3.8) is 0 Å². The van der Waals surface area contributed by atoms with Gasteiger partial charge in [0.1, 0.15) is 17.9 Å². The summed E-state index contributed by atoms with van der Waals surface area (Å²) in [6, 6.07) is 0. The van der Waals surface area contributed by atoms with Crippen molar-refractivity contribution in [2.45, 2.75) is 43.8 Å². The molecular weight excluding hydrogens is 298 g/mol. The summed E-state index contributed by atoms with van der Waals surface area (Å²) in [4.78, 5) is 12.8. The van der Waals surface area contributed by atoms with Crippen LogP contribution >= 0.6 is 0 Å². The molecule has 5 atom stereocenters. The van der Waals surface area contributed by atoms with Crippen LogP contribution in [0, 0.1) is 11.8 Å². The molecule has 3 fully saturated rings. The maximum Gasteiger partial charge on any atom is 0.166 e. The van der Waals surface area contributed by atoms with Gasteiger partial charge in [-0.3, -0.25) is 0 Å². The molecule has 8 heteroatoms. The first kappa shape index (κ1) is 13.6. The van der Waals surface area contributed by atoms with Gasteiger partial charge >= 0.3 is 0 Å². The molecule has 1 aliphatic heterocycles. The lowest BCUT2D eigenvalue weighted by atomic mass is 10.0. The Morgan fingerprint density at radius 2 is 2.17 bits per heavy atom. The van der Waals surface area contributed by atoms with E-state index >= 15 is 0 Å². The van der Waals surface area contributed by atoms with Crippen molar-refractivity contribution < 1.29 is 14.6 Å². The van der Waals surface area contributed by atoms with E-state index < -0.39 is 5.79 Å². The molecule has 122 valence electrons. The molecular formula is C15H19N5O3. The number of rotatable bonds is 2. The highest BCUT2D eigenvalue weighted by atomic mass is 16.8. The molecule has 3 N–H and O–H groups in total. The van der Waals surface area contributed by atoms with Crippen LogP contribution < -0.4 is 5.73 Å². The number of nitrogens with zero attached hydrogens (tertiary/aromatic N) is 4. The van der Waals surface area contributed by atoms with Crippen molar-refractivity contribution in [1.29, 1.82) is 0 Å². The number of hydrogen-bond acceptors (Lipinski definition) is 7. The lowest BCUT2D eigenvalue weighted by Crippen LogP contribution is -2.37. The molecule has 0 spiro atoms. The average molecular weight is 317 g/mol. The molecule has 1 saturated heterocycles. The van der Waals surface area contributed by atoms with Crippen LogP contribution in [0.4, 0.5) is 5.82 Å². The van der Waals surface area contributed by atoms with Gasteiger partial charge in [-0.1, -0.05) is 0 Å². The van der Waals surface area contributed by atoms with E-state index in [9.17, 15) is 5.11 Å². The highest BCUT2D eigenvalue weighted by Crippen LogP contribution is 2.68. The molecule has 2 aromatic heterocycles. The molecule has 2 aliphatic carbocycles. The summed E-state index contributed by atoms with van der Waals surface area (Å²) in [6.07, 6.45) is 3.92. The van der Waals surface area contributed by atoms with Crippen LogP contribution in [-0.4, -0.2) is 49.2 Å². The average Bonchev–Trinajstić information content (AvgIpc) is 2.82. The zero-order valence-electron chi connectivity index (χ0n) is 13.0. The predicted molar refractivity (Wildman–Crippen MR) is 80.2 cm³/mol. The molecule has 0 unspecified atom stereocenters. The molecule has 2 saturated carbocycles. The van der Waals surface area contributed by atoms with Gasteiger partial charge in [-0.25, -0.2) is 15.0 Å². The molecule has 8 nitrogen and oxygen atoms in total. The Labute approximate surface area is 132 Å². The third-order valence-electron chi connectivity index (χ3n) is 5.61. The Balaban J connectivity index is 1.66. The normalized spacial score (nSPS) is 40.3. The Morgan fingerprint density at radius 1 is 1.35 bits per heavy atom. The van der Waals surface area contributed by atoms with Crippen LogP contribution in [0.25, 0.3) is 11.2 Å². The van der Waals surface area contributed by atoms with E-state index in [0.29, 0.717) is 22.9 Å². The van der Waals surface area contributed by atoms with Gasteiger partial charge in [0.2, 0.25) is 0 Å². The van der Waals surface area contributed by atoms with Gasteiger partial charge in [0.25, 0.3) is 0 Å². The lowest BCUT2D eigenvalue weighted by Gasteiger charge is -2.25. The van der Waals surface area contributed by atoms with Crippen molar-refractivity contribution in [3.8, 4) is 0 Å². The summed E-state index contributed by atoms with van der Waals surface area (Å²) in [5.41, 5.74) is 6.96. The van der Waals surface area contributed by atoms with Gasteiger partial charge in [0, 0.05) is 12.5 Å². The van der Waals surface area contributed by atoms with E-state index in [1.165, 1.54) is 6.33 Å². The second-order valence-electron chi connectivity index (χ2n) is 7.21. The van der Waals surface area contributed by atoms with Crippen molar-refractivity contribution in [1.82, 2.24) is 19.5 Å². The second kappa shape index (κ2) is 4.00. The van der Waals surface area contributed by atoms with Crippen molar-refractivity contribution in [2.75, 3.05) is 12.3 Å². The minimum Gasteiger partial charge on any atom is -0.396 e. The maximum atomic E-state index is 9.84. The molecule has 23 heavy (non-hydrogen) atoms. The highest BCUT2D eigenvalue weighted by molar-refractivity contribution is 5.81. The standard InChI is InChI=1S/C15H19N5O3/c1-14(2)22-10-7(4-21)8-3-15(8,11(10)23-14)20-6-19-9-12(16)17-5-18-13(9)20/h5-8,10-11,21H,3-4H2,1-2H3,(H2,16,17,18)/t7-,8-,10+,11+,15+/m0/s1. The van der Waals surface area contributed by atoms with E-state index in [-0.39, 0.29) is 30.3 Å². The fourth-order valence-electron chi connectivity index (χ4n) is 4.66. The van der Waals surface area contributed by atoms with Gasteiger partial charge in [-0.15, -0.1) is 0 Å². The van der Waals surface area contributed by atoms with Crippen LogP contribution in [-0.2, 0) is 15.0 Å². The third-order valence-corrected chi connectivity index (χ3v) is 5.61. The first-order chi connectivity index (χ1) is 11.0. The molecule has 0 bridgehead atoms. The summed E-state index contributed by atoms with van der Waals surface area (Å²) < 4.78 is 14.3. The van der Waals surface area contributed by atoms with Crippen LogP contribution in [0.1, 0.15) is 20.3 Å². The number of imidazole rings is 1. The van der Waals surface area contributed by atoms with E-state index in [1.807, 2.05) is 13.8 Å². The number of fused-ring (bicyclic) bond motifs is 4. The number of anilines is 1. The van der Waals surface area contributed by atoms with E-state index in [4.69, 9.17) is 15.2 Å². The zero-order valence-corrected chi connectivity index (χ0v) is 13.0. The quantitative estimate of drug-likeness (QED) is 0.818. The Bertz CT molecular complexity index is 806. The van der Waals surface area contributed by atoms with Crippen molar-refractivity contribution >= 4 is 17.0 Å². The third kappa shape index (κ3) is 1.53. The predicted octanol–water partition coefficient (Wildman–Crippen LogP) is 0.266. The monoisotopic (exact) mass is 317 g/mol. The maximum absolute atomic E-state index is 9.84. The molecule has 0 amide bonds. The lowest BCUT2D eigenvalue weighted by molar-refractivity contribution is -0.162. The summed E-state index contributed by atoms with van der Waals surface area (Å²) in [5, 5.41) is 9.84. The SMILES string of the molecule is CC1(C)O[C@@H]2[C@@H](CO)[C@@H]3C[C@]3(n3cnc4c(N)ncnc43)[C@@H]2O1. The number of nitrogen functional groups attached to an aromatic ring is 1. The number of aliphatic hydroxyl groups is 1. The smallest absolute Gasteiger partial charge is 0.166 e. The largest absolute Gasteiger partial charge is 0.396 e.